The summed E-state index contributed by atoms with van der Waals surface area (Å²) in [4.78, 5) is 15.9. The third kappa shape index (κ3) is 5.87. The summed E-state index contributed by atoms with van der Waals surface area (Å²) in [5, 5.41) is 10.4. The molecule has 1 N–H and O–H groups in total. The summed E-state index contributed by atoms with van der Waals surface area (Å²) in [6.07, 6.45) is 2.36. The van der Waals surface area contributed by atoms with Crippen LogP contribution in [0.5, 0.6) is 0 Å². The fourth-order valence-corrected chi connectivity index (χ4v) is 4.03. The zero-order valence-corrected chi connectivity index (χ0v) is 15.5. The third-order valence-corrected chi connectivity index (χ3v) is 5.71. The van der Waals surface area contributed by atoms with Gasteiger partial charge >= 0.3 is 12.1 Å². The van der Waals surface area contributed by atoms with Crippen LogP contribution in [0, 0.1) is 5.92 Å². The smallest absolute Gasteiger partial charge is 0.475 e. The molecule has 3 heterocycles. The molecule has 1 aromatic heterocycles. The minimum atomic E-state index is -5.08. The second-order valence-electron chi connectivity index (χ2n) is 6.99. The third-order valence-electron chi connectivity index (χ3n) is 4.95. The molecule has 27 heavy (non-hydrogen) atoms. The Morgan fingerprint density at radius 1 is 1.37 bits per heavy atom. The topological polar surface area (TPSA) is 71.9 Å². The summed E-state index contributed by atoms with van der Waals surface area (Å²) in [5.74, 6) is -1.92. The average Bonchev–Trinajstić information content (AvgIpc) is 3.08. The molecule has 4 rings (SSSR count). The van der Waals surface area contributed by atoms with Gasteiger partial charge in [-0.05, 0) is 31.6 Å². The maximum absolute atomic E-state index is 10.6. The molecule has 3 fully saturated rings. The summed E-state index contributed by atoms with van der Waals surface area (Å²) >= 11 is 1.75. The first-order valence-corrected chi connectivity index (χ1v) is 9.88. The first-order valence-electron chi connectivity index (χ1n) is 9.00. The van der Waals surface area contributed by atoms with Crippen molar-refractivity contribution in [3.8, 4) is 0 Å². The Bertz CT molecular complexity index is 610. The van der Waals surface area contributed by atoms with E-state index in [9.17, 15) is 13.2 Å². The van der Waals surface area contributed by atoms with Gasteiger partial charge in [-0.1, -0.05) is 0 Å². The molecular formula is C17H23F3N2O4S. The van der Waals surface area contributed by atoms with E-state index in [1.807, 2.05) is 6.20 Å². The lowest BCUT2D eigenvalue weighted by Crippen LogP contribution is -2.52. The van der Waals surface area contributed by atoms with Crippen LogP contribution in [0.1, 0.15) is 30.7 Å². The van der Waals surface area contributed by atoms with Crippen LogP contribution >= 0.6 is 11.3 Å². The molecule has 152 valence electrons. The Labute approximate surface area is 159 Å². The number of hydrogen-bond donors (Lipinski definition) is 1. The standard InChI is InChI=1S/C15H22N2O2S.C2HF3O2/c1-2-11(1)10-19-13-3-6-17(9-14-16-5-8-20-14)12-4-7-18-15(12)13;3-2(4,5)1(6)7/h5,8,11-13,15H,1-4,6-7,9-10H2;(H,6,7)/t12-,13+,15-;/m0./s1. The van der Waals surface area contributed by atoms with Crippen molar-refractivity contribution < 1.29 is 32.5 Å². The number of carboxylic acid groups (broad SMARTS) is 1. The lowest BCUT2D eigenvalue weighted by atomic mass is 9.95. The van der Waals surface area contributed by atoms with E-state index in [-0.39, 0.29) is 6.10 Å². The normalized spacial score (nSPS) is 28.3. The predicted molar refractivity (Wildman–Crippen MR) is 91.4 cm³/mol. The van der Waals surface area contributed by atoms with Crippen LogP contribution in [0.4, 0.5) is 13.2 Å². The number of hydrogen-bond acceptors (Lipinski definition) is 6. The molecule has 1 aliphatic carbocycles. The van der Waals surface area contributed by atoms with Gasteiger partial charge in [0.15, 0.2) is 0 Å². The molecule has 10 heteroatoms. The molecule has 6 nitrogen and oxygen atoms in total. The Morgan fingerprint density at radius 3 is 2.70 bits per heavy atom. The van der Waals surface area contributed by atoms with Crippen LogP contribution in [0.2, 0.25) is 0 Å². The fraction of sp³-hybridized carbons (Fsp3) is 0.765. The van der Waals surface area contributed by atoms with Gasteiger partial charge in [0.05, 0.1) is 18.8 Å². The number of thiazole rings is 1. The molecule has 0 spiro atoms. The van der Waals surface area contributed by atoms with E-state index in [0.29, 0.717) is 12.1 Å². The van der Waals surface area contributed by atoms with Crippen LogP contribution in [0.25, 0.3) is 0 Å². The molecule has 0 unspecified atom stereocenters. The molecule has 0 aromatic carbocycles. The maximum atomic E-state index is 10.6. The molecule has 2 saturated heterocycles. The average molecular weight is 408 g/mol. The molecule has 3 atom stereocenters. The predicted octanol–water partition coefficient (Wildman–Crippen LogP) is 2.93. The minimum absolute atomic E-state index is 0.280. The molecular weight excluding hydrogens is 385 g/mol. The highest BCUT2D eigenvalue weighted by molar-refractivity contribution is 7.09. The number of carboxylic acids is 1. The summed E-state index contributed by atoms with van der Waals surface area (Å²) in [7, 11) is 0. The molecule has 1 saturated carbocycles. The largest absolute Gasteiger partial charge is 0.490 e. The van der Waals surface area contributed by atoms with Gasteiger partial charge < -0.3 is 14.6 Å². The number of aromatic nitrogens is 1. The number of halogens is 3. The van der Waals surface area contributed by atoms with Crippen LogP contribution in [0.15, 0.2) is 11.6 Å². The monoisotopic (exact) mass is 408 g/mol. The molecule has 0 amide bonds. The van der Waals surface area contributed by atoms with Crippen molar-refractivity contribution >= 4 is 17.3 Å². The van der Waals surface area contributed by atoms with Crippen molar-refractivity contribution in [3.63, 3.8) is 0 Å². The van der Waals surface area contributed by atoms with Crippen molar-refractivity contribution in [1.82, 2.24) is 9.88 Å². The van der Waals surface area contributed by atoms with Gasteiger partial charge in [0.2, 0.25) is 0 Å². The van der Waals surface area contributed by atoms with Crippen molar-refractivity contribution in [2.24, 2.45) is 5.92 Å². The number of aliphatic carboxylic acids is 1. The van der Waals surface area contributed by atoms with Crippen molar-refractivity contribution in [2.45, 2.75) is 56.7 Å². The van der Waals surface area contributed by atoms with Crippen molar-refractivity contribution in [3.05, 3.63) is 16.6 Å². The van der Waals surface area contributed by atoms with Crippen LogP contribution in [-0.4, -0.2) is 65.1 Å². The van der Waals surface area contributed by atoms with Gasteiger partial charge in [-0.3, -0.25) is 4.90 Å². The second kappa shape index (κ2) is 8.85. The number of ether oxygens (including phenoxy) is 2. The molecule has 0 radical (unpaired) electrons. The molecule has 2 aliphatic heterocycles. The van der Waals surface area contributed by atoms with Gasteiger partial charge in [0.25, 0.3) is 0 Å². The summed E-state index contributed by atoms with van der Waals surface area (Å²) in [6.45, 7) is 3.91. The first kappa shape index (κ1) is 20.5. The van der Waals surface area contributed by atoms with E-state index in [1.165, 1.54) is 17.8 Å². The second-order valence-corrected chi connectivity index (χ2v) is 7.97. The summed E-state index contributed by atoms with van der Waals surface area (Å²) in [5.41, 5.74) is 0. The number of rotatable bonds is 5. The number of piperidine rings is 1. The number of likely N-dealkylation sites (tertiary alicyclic amines) is 1. The highest BCUT2D eigenvalue weighted by atomic mass is 32.1. The van der Waals surface area contributed by atoms with Crippen molar-refractivity contribution in [1.29, 1.82) is 0 Å². The lowest BCUT2D eigenvalue weighted by molar-refractivity contribution is -0.192. The fourth-order valence-electron chi connectivity index (χ4n) is 3.39. The van der Waals surface area contributed by atoms with E-state index < -0.39 is 12.1 Å². The van der Waals surface area contributed by atoms with E-state index in [4.69, 9.17) is 19.4 Å². The number of nitrogens with zero attached hydrogens (tertiary/aromatic N) is 2. The zero-order chi connectivity index (χ0) is 19.4. The van der Waals surface area contributed by atoms with E-state index >= 15 is 0 Å². The Morgan fingerprint density at radius 2 is 2.11 bits per heavy atom. The van der Waals surface area contributed by atoms with Gasteiger partial charge in [-0.2, -0.15) is 13.2 Å². The SMILES string of the molecule is O=C(O)C(F)(F)F.c1csc(CN2CC[C@@H](OCC3CC3)[C@H]3OCC[C@@H]32)n1. The van der Waals surface area contributed by atoms with E-state index in [1.54, 1.807) is 11.3 Å². The molecule has 3 aliphatic rings. The first-order chi connectivity index (χ1) is 12.8. The molecule has 1 aromatic rings. The zero-order valence-electron chi connectivity index (χ0n) is 14.7. The highest BCUT2D eigenvalue weighted by Crippen LogP contribution is 2.34. The number of fused-ring (bicyclic) bond motifs is 1. The Balaban J connectivity index is 0.000000260. The molecule has 0 bridgehead atoms. The summed E-state index contributed by atoms with van der Waals surface area (Å²) in [6, 6.07) is 0.525. The quantitative estimate of drug-likeness (QED) is 0.808. The maximum Gasteiger partial charge on any atom is 0.490 e. The number of carbonyl (C=O) groups is 1. The number of alkyl halides is 3. The van der Waals surface area contributed by atoms with Crippen LogP contribution in [0.3, 0.4) is 0 Å². The Hall–Kier alpha value is -1.23. The highest BCUT2D eigenvalue weighted by Gasteiger charge is 2.43. The van der Waals surface area contributed by atoms with Crippen LogP contribution in [-0.2, 0) is 20.8 Å². The van der Waals surface area contributed by atoms with Gasteiger partial charge in [0.1, 0.15) is 5.01 Å². The summed E-state index contributed by atoms with van der Waals surface area (Å²) < 4.78 is 43.9. The van der Waals surface area contributed by atoms with E-state index in [0.717, 1.165) is 45.1 Å². The van der Waals surface area contributed by atoms with Crippen LogP contribution < -0.4 is 0 Å². The van der Waals surface area contributed by atoms with Crippen molar-refractivity contribution in [2.75, 3.05) is 19.8 Å². The van der Waals surface area contributed by atoms with Gasteiger partial charge in [-0.25, -0.2) is 9.78 Å². The lowest BCUT2D eigenvalue weighted by Gasteiger charge is -2.40. The van der Waals surface area contributed by atoms with E-state index in [2.05, 4.69) is 15.3 Å². The van der Waals surface area contributed by atoms with Gasteiger partial charge in [0, 0.05) is 37.4 Å². The Kier molecular flexibility index (Phi) is 6.72. The minimum Gasteiger partial charge on any atom is -0.475 e. The van der Waals surface area contributed by atoms with Gasteiger partial charge in [-0.15, -0.1) is 11.3 Å².